The van der Waals surface area contributed by atoms with Crippen LogP contribution in [0.3, 0.4) is 0 Å². The first-order chi connectivity index (χ1) is 6.88. The smallest absolute Gasteiger partial charge is 0.412 e. The lowest BCUT2D eigenvalue weighted by Gasteiger charge is -2.19. The third-order valence-electron chi connectivity index (χ3n) is 1.51. The number of hydrogen-bond acceptors (Lipinski definition) is 2. The number of ether oxygens (including phenoxy) is 1. The van der Waals surface area contributed by atoms with Crippen LogP contribution >= 0.6 is 22.6 Å². The molecule has 0 saturated carbocycles. The highest BCUT2D eigenvalue weighted by molar-refractivity contribution is 14.1. The molecule has 0 atom stereocenters. The zero-order valence-corrected chi connectivity index (χ0v) is 11.2. The van der Waals surface area contributed by atoms with E-state index in [1.165, 1.54) is 0 Å². The Kier molecular flexibility index (Phi) is 3.96. The molecule has 0 bridgehead atoms. The Balaban J connectivity index is 2.64. The van der Waals surface area contributed by atoms with Crippen molar-refractivity contribution in [3.05, 3.63) is 27.8 Å². The summed E-state index contributed by atoms with van der Waals surface area (Å²) < 4.78 is 6.13. The fraction of sp³-hybridized carbons (Fsp3) is 0.364. The predicted molar refractivity (Wildman–Crippen MR) is 69.0 cm³/mol. The zero-order valence-electron chi connectivity index (χ0n) is 9.00. The summed E-state index contributed by atoms with van der Waals surface area (Å²) >= 11 is 2.16. The van der Waals surface area contributed by atoms with Gasteiger partial charge in [0.05, 0.1) is 5.69 Å². The molecule has 0 unspecified atom stereocenters. The maximum Gasteiger partial charge on any atom is 0.412 e. The summed E-state index contributed by atoms with van der Waals surface area (Å²) in [5, 5.41) is 2.70. The first-order valence-electron chi connectivity index (χ1n) is 4.63. The van der Waals surface area contributed by atoms with E-state index >= 15 is 0 Å². The quantitative estimate of drug-likeness (QED) is 0.803. The summed E-state index contributed by atoms with van der Waals surface area (Å²) in [6.07, 6.45) is -0.424. The maximum atomic E-state index is 11.4. The standard InChI is InChI=1S/C11H14INO2/c1-11(2,3)15-10(14)13-9-7-5-4-6-8(9)12/h4-7H,1-3H3,(H,13,14). The van der Waals surface area contributed by atoms with E-state index in [4.69, 9.17) is 4.74 Å². The number of rotatable bonds is 1. The Morgan fingerprint density at radius 3 is 2.47 bits per heavy atom. The van der Waals surface area contributed by atoms with Crippen LogP contribution in [0.25, 0.3) is 0 Å². The number of halogens is 1. The highest BCUT2D eigenvalue weighted by Gasteiger charge is 2.16. The Bertz CT molecular complexity index is 358. The van der Waals surface area contributed by atoms with Gasteiger partial charge in [-0.3, -0.25) is 5.32 Å². The Morgan fingerprint density at radius 1 is 1.33 bits per heavy atom. The van der Waals surface area contributed by atoms with E-state index in [0.717, 1.165) is 9.26 Å². The molecule has 0 spiro atoms. The van der Waals surface area contributed by atoms with Crippen LogP contribution in [0.4, 0.5) is 10.5 Å². The van der Waals surface area contributed by atoms with Gasteiger partial charge >= 0.3 is 6.09 Å². The number of nitrogens with one attached hydrogen (secondary N) is 1. The molecule has 15 heavy (non-hydrogen) atoms. The summed E-state index contributed by atoms with van der Waals surface area (Å²) in [5.41, 5.74) is 0.303. The largest absolute Gasteiger partial charge is 0.444 e. The summed E-state index contributed by atoms with van der Waals surface area (Å²) in [5.74, 6) is 0. The fourth-order valence-electron chi connectivity index (χ4n) is 0.976. The number of para-hydroxylation sites is 1. The molecule has 0 aliphatic carbocycles. The SMILES string of the molecule is CC(C)(C)OC(=O)Nc1ccccc1I. The highest BCUT2D eigenvalue weighted by atomic mass is 127. The predicted octanol–water partition coefficient (Wildman–Crippen LogP) is 3.64. The van der Waals surface area contributed by atoms with Crippen molar-refractivity contribution in [2.75, 3.05) is 5.32 Å². The lowest BCUT2D eigenvalue weighted by atomic mass is 10.2. The van der Waals surface area contributed by atoms with E-state index < -0.39 is 11.7 Å². The molecule has 1 rings (SSSR count). The molecule has 0 aliphatic rings. The number of anilines is 1. The van der Waals surface area contributed by atoms with Gasteiger partial charge in [-0.25, -0.2) is 4.79 Å². The molecule has 1 aromatic carbocycles. The molecule has 1 aromatic rings. The summed E-state index contributed by atoms with van der Waals surface area (Å²) in [7, 11) is 0. The van der Waals surface area contributed by atoms with Gasteiger partial charge in [-0.05, 0) is 55.5 Å². The van der Waals surface area contributed by atoms with Crippen molar-refractivity contribution in [3.63, 3.8) is 0 Å². The van der Waals surface area contributed by atoms with Gasteiger partial charge in [0.1, 0.15) is 5.60 Å². The van der Waals surface area contributed by atoms with Gasteiger partial charge in [0, 0.05) is 3.57 Å². The molecule has 1 N–H and O–H groups in total. The van der Waals surface area contributed by atoms with Crippen LogP contribution in [-0.2, 0) is 4.74 Å². The molecule has 0 heterocycles. The average molecular weight is 319 g/mol. The van der Waals surface area contributed by atoms with Crippen molar-refractivity contribution in [3.8, 4) is 0 Å². The van der Waals surface area contributed by atoms with E-state index in [1.807, 2.05) is 45.0 Å². The molecule has 1 amide bonds. The highest BCUT2D eigenvalue weighted by Crippen LogP contribution is 2.18. The van der Waals surface area contributed by atoms with Gasteiger partial charge in [-0.15, -0.1) is 0 Å². The summed E-state index contributed by atoms with van der Waals surface area (Å²) in [6, 6.07) is 7.55. The molecule has 0 aromatic heterocycles. The van der Waals surface area contributed by atoms with Crippen molar-refractivity contribution in [2.24, 2.45) is 0 Å². The van der Waals surface area contributed by atoms with Crippen molar-refractivity contribution >= 4 is 34.4 Å². The van der Waals surface area contributed by atoms with Gasteiger partial charge in [0.2, 0.25) is 0 Å². The van der Waals surface area contributed by atoms with Crippen LogP contribution in [0.2, 0.25) is 0 Å². The first-order valence-corrected chi connectivity index (χ1v) is 5.71. The van der Waals surface area contributed by atoms with E-state index in [2.05, 4.69) is 27.9 Å². The Morgan fingerprint density at radius 2 is 1.93 bits per heavy atom. The third-order valence-corrected chi connectivity index (χ3v) is 2.45. The minimum atomic E-state index is -0.468. The van der Waals surface area contributed by atoms with Crippen molar-refractivity contribution in [1.82, 2.24) is 0 Å². The Hall–Kier alpha value is -0.780. The molecule has 0 radical (unpaired) electrons. The zero-order chi connectivity index (χ0) is 11.5. The molecule has 0 fully saturated rings. The van der Waals surface area contributed by atoms with Crippen LogP contribution in [0.15, 0.2) is 24.3 Å². The van der Waals surface area contributed by atoms with Gasteiger partial charge in [0.25, 0.3) is 0 Å². The van der Waals surface area contributed by atoms with Gasteiger partial charge < -0.3 is 4.74 Å². The second-order valence-corrected chi connectivity index (χ2v) is 5.27. The van der Waals surface area contributed by atoms with E-state index in [1.54, 1.807) is 0 Å². The molecular formula is C11H14INO2. The number of carbonyl (C=O) groups excluding carboxylic acids is 1. The van der Waals surface area contributed by atoms with E-state index in [9.17, 15) is 4.79 Å². The number of amides is 1. The van der Waals surface area contributed by atoms with Crippen LogP contribution in [-0.4, -0.2) is 11.7 Å². The molecule has 4 heteroatoms. The number of benzene rings is 1. The summed E-state index contributed by atoms with van der Waals surface area (Å²) in [4.78, 5) is 11.4. The second kappa shape index (κ2) is 4.83. The first kappa shape index (κ1) is 12.3. The number of carbonyl (C=O) groups is 1. The molecule has 0 aliphatic heterocycles. The lowest BCUT2D eigenvalue weighted by Crippen LogP contribution is -2.27. The minimum Gasteiger partial charge on any atom is -0.444 e. The number of hydrogen-bond donors (Lipinski definition) is 1. The summed E-state index contributed by atoms with van der Waals surface area (Å²) in [6.45, 7) is 5.51. The van der Waals surface area contributed by atoms with Crippen LogP contribution in [0.5, 0.6) is 0 Å². The molecule has 3 nitrogen and oxygen atoms in total. The topological polar surface area (TPSA) is 38.3 Å². The van der Waals surface area contributed by atoms with Crippen molar-refractivity contribution < 1.29 is 9.53 Å². The van der Waals surface area contributed by atoms with Gasteiger partial charge in [-0.1, -0.05) is 12.1 Å². The van der Waals surface area contributed by atoms with Gasteiger partial charge in [-0.2, -0.15) is 0 Å². The Labute approximate surface area is 103 Å². The molecule has 82 valence electrons. The van der Waals surface area contributed by atoms with Crippen molar-refractivity contribution in [1.29, 1.82) is 0 Å². The second-order valence-electron chi connectivity index (χ2n) is 4.11. The monoisotopic (exact) mass is 319 g/mol. The lowest BCUT2D eigenvalue weighted by molar-refractivity contribution is 0.0636. The fourth-order valence-corrected chi connectivity index (χ4v) is 1.50. The van der Waals surface area contributed by atoms with E-state index in [0.29, 0.717) is 0 Å². The van der Waals surface area contributed by atoms with Crippen LogP contribution in [0.1, 0.15) is 20.8 Å². The van der Waals surface area contributed by atoms with Gasteiger partial charge in [0.15, 0.2) is 0 Å². The van der Waals surface area contributed by atoms with E-state index in [-0.39, 0.29) is 0 Å². The normalized spacial score (nSPS) is 10.9. The van der Waals surface area contributed by atoms with Crippen LogP contribution < -0.4 is 5.32 Å². The van der Waals surface area contributed by atoms with Crippen molar-refractivity contribution in [2.45, 2.75) is 26.4 Å². The minimum absolute atomic E-state index is 0.424. The molecule has 0 saturated heterocycles. The average Bonchev–Trinajstić information content (AvgIpc) is 2.05. The molecular weight excluding hydrogens is 305 g/mol. The third kappa shape index (κ3) is 4.51. The maximum absolute atomic E-state index is 11.4. The van der Waals surface area contributed by atoms with Crippen LogP contribution in [0, 0.1) is 3.57 Å².